The van der Waals surface area contributed by atoms with Crippen LogP contribution in [0.2, 0.25) is 0 Å². The Morgan fingerprint density at radius 2 is 2.22 bits per heavy atom. The second-order valence-electron chi connectivity index (χ2n) is 1.93. The molecule has 0 heterocycles. The van der Waals surface area contributed by atoms with Crippen LogP contribution in [0.1, 0.15) is 19.8 Å². The maximum absolute atomic E-state index is 10.4. The fourth-order valence-electron chi connectivity index (χ4n) is 0.540. The third-order valence-corrected chi connectivity index (χ3v) is 1.09. The van der Waals surface area contributed by atoms with Gasteiger partial charge in [0.15, 0.2) is 5.78 Å². The molecule has 0 rings (SSSR count). The summed E-state index contributed by atoms with van der Waals surface area (Å²) in [6.07, 6.45) is 0.242. The van der Waals surface area contributed by atoms with E-state index in [9.17, 15) is 4.79 Å². The molecule has 0 saturated carbocycles. The summed E-state index contributed by atoms with van der Waals surface area (Å²) >= 11 is 0. The molecule has 0 amide bonds. The number of ketones is 1. The summed E-state index contributed by atoms with van der Waals surface area (Å²) in [5.74, 6) is -0.489. The highest BCUT2D eigenvalue weighted by atomic mass is 16.3. The van der Waals surface area contributed by atoms with E-state index in [1.807, 2.05) is 6.92 Å². The summed E-state index contributed by atoms with van der Waals surface area (Å²) in [6, 6.07) is 0. The van der Waals surface area contributed by atoms with Crippen LogP contribution in [0, 0.1) is 0 Å². The third kappa shape index (κ3) is 3.21. The smallest absolute Gasteiger partial charge is 0.186 e. The van der Waals surface area contributed by atoms with Gasteiger partial charge in [-0.05, 0) is 6.42 Å². The molecule has 0 aromatic heterocycles. The molecule has 2 N–H and O–H groups in total. The first-order chi connectivity index (χ1) is 4.22. The minimum absolute atomic E-state index is 0.444. The van der Waals surface area contributed by atoms with Gasteiger partial charge in [-0.3, -0.25) is 4.79 Å². The first kappa shape index (κ1) is 8.59. The van der Waals surface area contributed by atoms with Crippen LogP contribution in [0.3, 0.4) is 0 Å². The van der Waals surface area contributed by atoms with E-state index >= 15 is 0 Å². The molecule has 0 radical (unpaired) electrons. The van der Waals surface area contributed by atoms with Crippen LogP contribution in [-0.2, 0) is 4.79 Å². The fraction of sp³-hybridized carbons (Fsp3) is 0.833. The molecule has 0 aliphatic rings. The molecule has 0 aliphatic carbocycles. The van der Waals surface area contributed by atoms with Gasteiger partial charge in [0.25, 0.3) is 0 Å². The number of rotatable bonds is 4. The Morgan fingerprint density at radius 3 is 2.56 bits per heavy atom. The van der Waals surface area contributed by atoms with Crippen LogP contribution in [0.5, 0.6) is 0 Å². The molecule has 9 heavy (non-hydrogen) atoms. The molecular formula is C6H12O3. The summed E-state index contributed by atoms with van der Waals surface area (Å²) in [6.45, 7) is 1.31. The van der Waals surface area contributed by atoms with Gasteiger partial charge in [-0.1, -0.05) is 13.3 Å². The second-order valence-corrected chi connectivity index (χ2v) is 1.93. The SMILES string of the molecule is CCCC(O)C(=O)CO. The van der Waals surface area contributed by atoms with Gasteiger partial charge < -0.3 is 10.2 Å². The molecule has 3 heteroatoms. The summed E-state index contributed by atoms with van der Waals surface area (Å²) in [5, 5.41) is 17.0. The lowest BCUT2D eigenvalue weighted by Crippen LogP contribution is -2.22. The zero-order valence-electron chi connectivity index (χ0n) is 5.50. The molecule has 0 bridgehead atoms. The number of carbonyl (C=O) groups is 1. The van der Waals surface area contributed by atoms with Crippen LogP contribution >= 0.6 is 0 Å². The minimum Gasteiger partial charge on any atom is -0.388 e. The lowest BCUT2D eigenvalue weighted by Gasteiger charge is -2.03. The van der Waals surface area contributed by atoms with Crippen molar-refractivity contribution in [3.05, 3.63) is 0 Å². The summed E-state index contributed by atoms with van der Waals surface area (Å²) in [5.41, 5.74) is 0. The van der Waals surface area contributed by atoms with Gasteiger partial charge in [0.05, 0.1) is 0 Å². The molecule has 54 valence electrons. The van der Waals surface area contributed by atoms with Crippen molar-refractivity contribution < 1.29 is 15.0 Å². The number of aliphatic hydroxyl groups is 2. The highest BCUT2D eigenvalue weighted by Crippen LogP contribution is 1.95. The normalized spacial score (nSPS) is 13.2. The van der Waals surface area contributed by atoms with Crippen LogP contribution in [0.25, 0.3) is 0 Å². The van der Waals surface area contributed by atoms with Crippen LogP contribution < -0.4 is 0 Å². The molecule has 0 fully saturated rings. The Bertz CT molecular complexity index is 90.3. The van der Waals surface area contributed by atoms with Crippen molar-refractivity contribution in [3.8, 4) is 0 Å². The lowest BCUT2D eigenvalue weighted by atomic mass is 10.1. The number of aliphatic hydroxyl groups excluding tert-OH is 2. The quantitative estimate of drug-likeness (QED) is 0.552. The van der Waals surface area contributed by atoms with Gasteiger partial charge >= 0.3 is 0 Å². The number of hydrogen-bond acceptors (Lipinski definition) is 3. The monoisotopic (exact) mass is 132 g/mol. The molecule has 1 unspecified atom stereocenters. The molecule has 3 nitrogen and oxygen atoms in total. The topological polar surface area (TPSA) is 57.5 Å². The fourth-order valence-corrected chi connectivity index (χ4v) is 0.540. The third-order valence-electron chi connectivity index (χ3n) is 1.09. The van der Waals surface area contributed by atoms with E-state index in [4.69, 9.17) is 10.2 Å². The summed E-state index contributed by atoms with van der Waals surface area (Å²) < 4.78 is 0. The van der Waals surface area contributed by atoms with Gasteiger partial charge in [-0.2, -0.15) is 0 Å². The lowest BCUT2D eigenvalue weighted by molar-refractivity contribution is -0.130. The minimum atomic E-state index is -0.958. The largest absolute Gasteiger partial charge is 0.388 e. The molecule has 0 saturated heterocycles. The predicted molar refractivity (Wildman–Crippen MR) is 33.0 cm³/mol. The summed E-state index contributed by atoms with van der Waals surface area (Å²) in [7, 11) is 0. The molecule has 1 atom stereocenters. The molecular weight excluding hydrogens is 120 g/mol. The van der Waals surface area contributed by atoms with Gasteiger partial charge in [-0.15, -0.1) is 0 Å². The van der Waals surface area contributed by atoms with Gasteiger partial charge in [0, 0.05) is 0 Å². The highest BCUT2D eigenvalue weighted by molar-refractivity contribution is 5.83. The average molecular weight is 132 g/mol. The first-order valence-corrected chi connectivity index (χ1v) is 3.04. The Labute approximate surface area is 54.3 Å². The number of Topliss-reactive ketones (excluding diaryl/α,β-unsaturated/α-hetero) is 1. The maximum Gasteiger partial charge on any atom is 0.186 e. The van der Waals surface area contributed by atoms with Crippen LogP contribution in [-0.4, -0.2) is 28.7 Å². The molecule has 0 spiro atoms. The van der Waals surface area contributed by atoms with Crippen molar-refractivity contribution in [2.45, 2.75) is 25.9 Å². The first-order valence-electron chi connectivity index (χ1n) is 3.04. The van der Waals surface area contributed by atoms with Crippen LogP contribution in [0.15, 0.2) is 0 Å². The average Bonchev–Trinajstić information content (AvgIpc) is 1.87. The van der Waals surface area contributed by atoms with E-state index in [0.29, 0.717) is 6.42 Å². The van der Waals surface area contributed by atoms with Crippen molar-refractivity contribution in [3.63, 3.8) is 0 Å². The van der Waals surface area contributed by atoms with E-state index in [1.165, 1.54) is 0 Å². The highest BCUT2D eigenvalue weighted by Gasteiger charge is 2.10. The molecule has 0 aromatic rings. The number of carbonyl (C=O) groups excluding carboxylic acids is 1. The van der Waals surface area contributed by atoms with Crippen molar-refractivity contribution in [2.24, 2.45) is 0 Å². The van der Waals surface area contributed by atoms with Gasteiger partial charge in [0.2, 0.25) is 0 Å². The van der Waals surface area contributed by atoms with Crippen molar-refractivity contribution >= 4 is 5.78 Å². The Balaban J connectivity index is 3.45. The van der Waals surface area contributed by atoms with E-state index in [-0.39, 0.29) is 0 Å². The van der Waals surface area contributed by atoms with Crippen LogP contribution in [0.4, 0.5) is 0 Å². The zero-order chi connectivity index (χ0) is 7.28. The van der Waals surface area contributed by atoms with E-state index in [2.05, 4.69) is 0 Å². The van der Waals surface area contributed by atoms with E-state index < -0.39 is 18.5 Å². The summed E-state index contributed by atoms with van der Waals surface area (Å²) in [4.78, 5) is 10.4. The molecule has 0 aromatic carbocycles. The zero-order valence-corrected chi connectivity index (χ0v) is 5.50. The van der Waals surface area contributed by atoms with E-state index in [1.54, 1.807) is 0 Å². The Morgan fingerprint density at radius 1 is 1.67 bits per heavy atom. The van der Waals surface area contributed by atoms with Crippen molar-refractivity contribution in [2.75, 3.05) is 6.61 Å². The Kier molecular flexibility index (Phi) is 4.26. The van der Waals surface area contributed by atoms with E-state index in [0.717, 1.165) is 6.42 Å². The standard InChI is InChI=1S/C6H12O3/c1-2-3-5(8)6(9)4-7/h5,7-8H,2-4H2,1H3. The molecule has 0 aliphatic heterocycles. The second kappa shape index (κ2) is 4.47. The van der Waals surface area contributed by atoms with Gasteiger partial charge in [-0.25, -0.2) is 0 Å². The van der Waals surface area contributed by atoms with Crippen molar-refractivity contribution in [1.29, 1.82) is 0 Å². The predicted octanol–water partition coefficient (Wildman–Crippen LogP) is -0.291. The Hall–Kier alpha value is -0.410. The number of hydrogen-bond donors (Lipinski definition) is 2. The van der Waals surface area contributed by atoms with Crippen molar-refractivity contribution in [1.82, 2.24) is 0 Å². The maximum atomic E-state index is 10.4. The van der Waals surface area contributed by atoms with Gasteiger partial charge in [0.1, 0.15) is 12.7 Å².